The zero-order valence-electron chi connectivity index (χ0n) is 54.1. The molecule has 2 fully saturated rings. The first-order valence-electron chi connectivity index (χ1n) is 35.0. The summed E-state index contributed by atoms with van der Waals surface area (Å²) in [6.45, 7) is 16.7. The molecule has 15 rings (SSSR count). The third kappa shape index (κ3) is 9.37. The van der Waals surface area contributed by atoms with Crippen LogP contribution in [0.3, 0.4) is 0 Å². The quantitative estimate of drug-likeness (QED) is 0.0890. The lowest BCUT2D eigenvalue weighted by Crippen LogP contribution is -2.34. The number of allylic oxidation sites excluding steroid dienone is 7. The highest BCUT2D eigenvalue weighted by Crippen LogP contribution is 2.60. The lowest BCUT2D eigenvalue weighted by atomic mass is 9.61. The van der Waals surface area contributed by atoms with Crippen LogP contribution in [0.4, 0.5) is 34.1 Å². The topological polar surface area (TPSA) is 6.48 Å². The normalized spacial score (nSPS) is 20.6. The summed E-state index contributed by atoms with van der Waals surface area (Å²) in [6, 6.07) is 67.5. The summed E-state index contributed by atoms with van der Waals surface area (Å²) in [5, 5.41) is 0. The Kier molecular flexibility index (Phi) is 15.1. The molecule has 0 aliphatic heterocycles. The van der Waals surface area contributed by atoms with Gasteiger partial charge in [0.2, 0.25) is 0 Å². The molecule has 2 atom stereocenters. The highest BCUT2D eigenvalue weighted by atomic mass is 15.1. The van der Waals surface area contributed by atoms with Gasteiger partial charge in [0, 0.05) is 55.8 Å². The van der Waals surface area contributed by atoms with Crippen LogP contribution in [0.2, 0.25) is 0 Å². The second-order valence-electron chi connectivity index (χ2n) is 28.1. The first-order chi connectivity index (χ1) is 43.7. The zero-order valence-corrected chi connectivity index (χ0v) is 54.1. The van der Waals surface area contributed by atoms with E-state index in [0.29, 0.717) is 0 Å². The van der Waals surface area contributed by atoms with Crippen molar-refractivity contribution in [2.75, 3.05) is 9.80 Å². The van der Waals surface area contributed by atoms with Crippen molar-refractivity contribution in [3.05, 3.63) is 256 Å². The van der Waals surface area contributed by atoms with Gasteiger partial charge in [0.1, 0.15) is 0 Å². The third-order valence-electron chi connectivity index (χ3n) is 23.9. The predicted octanol–water partition coefficient (Wildman–Crippen LogP) is 24.8. The van der Waals surface area contributed by atoms with Gasteiger partial charge in [0.05, 0.1) is 0 Å². The van der Waals surface area contributed by atoms with Crippen LogP contribution in [0, 0.1) is 0 Å². The van der Waals surface area contributed by atoms with Gasteiger partial charge in [0.25, 0.3) is 0 Å². The van der Waals surface area contributed by atoms with Crippen LogP contribution in [0.15, 0.2) is 211 Å². The molecule has 0 saturated heterocycles. The van der Waals surface area contributed by atoms with E-state index in [9.17, 15) is 0 Å². The van der Waals surface area contributed by atoms with Crippen LogP contribution in [-0.2, 0) is 34.5 Å². The van der Waals surface area contributed by atoms with Crippen LogP contribution in [-0.4, -0.2) is 0 Å². The van der Waals surface area contributed by atoms with E-state index in [4.69, 9.17) is 6.58 Å². The fourth-order valence-electron chi connectivity index (χ4n) is 19.0. The molecule has 2 unspecified atom stereocenters. The van der Waals surface area contributed by atoms with Crippen LogP contribution in [0.5, 0.6) is 0 Å². The average Bonchev–Trinajstić information content (AvgIpc) is 1.67. The molecule has 2 heteroatoms. The summed E-state index contributed by atoms with van der Waals surface area (Å²) in [5.74, 6) is 0. The number of hydrogen-bond donors (Lipinski definition) is 0. The van der Waals surface area contributed by atoms with E-state index in [1.165, 1.54) is 221 Å². The minimum Gasteiger partial charge on any atom is -0.310 e. The molecule has 8 aromatic carbocycles. The number of rotatable bonds is 16. The monoisotopic (exact) mass is 1160 g/mol. The summed E-state index contributed by atoms with van der Waals surface area (Å²) >= 11 is 0. The van der Waals surface area contributed by atoms with Gasteiger partial charge >= 0.3 is 0 Å². The number of nitrogens with zero attached hydrogens (tertiary/aromatic N) is 2. The van der Waals surface area contributed by atoms with Crippen LogP contribution < -0.4 is 9.80 Å². The SMILES string of the molecule is C=C1Cc2ccc(N(c3ccc(-c4ccc(-c5ccc(N(c6ccc7c(c6)C(CC)(CCCC)C6=C7C=CCC6)c6ccc7c(c6)C6(CCCCC6)c6ccccc6-7)cc5)cc4)cc3)c3ccc4c(c3)C3(CCCCC3)C(C)=CC4)cc2C1(CC)CCCC. The van der Waals surface area contributed by atoms with Crippen molar-refractivity contribution in [1.82, 2.24) is 0 Å². The van der Waals surface area contributed by atoms with E-state index in [-0.39, 0.29) is 21.7 Å². The number of unbranched alkanes of at least 4 members (excludes halogenated alkanes) is 2. The number of anilines is 6. The lowest BCUT2D eigenvalue weighted by Gasteiger charge is -2.43. The van der Waals surface area contributed by atoms with Crippen molar-refractivity contribution in [3.63, 3.8) is 0 Å². The highest BCUT2D eigenvalue weighted by molar-refractivity contribution is 5.91. The van der Waals surface area contributed by atoms with Gasteiger partial charge in [-0.25, -0.2) is 0 Å². The molecule has 2 spiro atoms. The third-order valence-corrected chi connectivity index (χ3v) is 23.9. The van der Waals surface area contributed by atoms with Crippen molar-refractivity contribution in [3.8, 4) is 33.4 Å². The number of fused-ring (bicyclic) bond motifs is 10. The van der Waals surface area contributed by atoms with Crippen LogP contribution in [0.25, 0.3) is 39.0 Å². The summed E-state index contributed by atoms with van der Waals surface area (Å²) in [4.78, 5) is 5.16. The summed E-state index contributed by atoms with van der Waals surface area (Å²) in [5.41, 5.74) is 33.7. The standard InChI is InChI=1S/C87H92N2/c1-7-11-49-84(9-3)61(6)55-67-38-44-71(57-81(67)84)88(70-43-37-66-28-27-60(5)86(80(66)56-70)51-19-13-20-52-86)68-39-33-64(34-40-68)62-29-31-63(32-30-62)65-35-41-69(42-36-65)89(72-45-47-76-74-23-15-17-25-78(74)85(10-4,50-12-8-2)82(76)58-72)73-46-48-77-75-24-16-18-26-79(75)87(83(77)59-73)53-21-14-22-54-87/h15-16,18,23-24,26-27,29-48,56-59H,6-14,17,19-22,25,28,49-55H2,1-5H3. The molecular weight excluding hydrogens is 1070 g/mol. The van der Waals surface area contributed by atoms with Gasteiger partial charge in [-0.05, 0) is 240 Å². The summed E-state index contributed by atoms with van der Waals surface area (Å²) in [6.07, 6.45) is 34.0. The fourth-order valence-corrected chi connectivity index (χ4v) is 19.0. The first kappa shape index (κ1) is 57.7. The van der Waals surface area contributed by atoms with Gasteiger partial charge < -0.3 is 9.80 Å². The molecule has 2 saturated carbocycles. The molecule has 89 heavy (non-hydrogen) atoms. The second-order valence-corrected chi connectivity index (χ2v) is 28.1. The molecule has 2 nitrogen and oxygen atoms in total. The molecule has 450 valence electrons. The van der Waals surface area contributed by atoms with E-state index < -0.39 is 0 Å². The van der Waals surface area contributed by atoms with Crippen LogP contribution >= 0.6 is 0 Å². The molecule has 0 bridgehead atoms. The van der Waals surface area contributed by atoms with E-state index in [1.807, 2.05) is 0 Å². The minimum atomic E-state index is 0.0263. The molecule has 0 amide bonds. The second kappa shape index (κ2) is 23.3. The smallest absolute Gasteiger partial charge is 0.0465 e. The first-order valence-corrected chi connectivity index (χ1v) is 35.0. The predicted molar refractivity (Wildman–Crippen MR) is 379 cm³/mol. The van der Waals surface area contributed by atoms with E-state index >= 15 is 0 Å². The minimum absolute atomic E-state index is 0.0263. The maximum atomic E-state index is 4.76. The summed E-state index contributed by atoms with van der Waals surface area (Å²) < 4.78 is 0. The molecular formula is C87H92N2. The van der Waals surface area contributed by atoms with Crippen molar-refractivity contribution >= 4 is 39.7 Å². The van der Waals surface area contributed by atoms with Crippen molar-refractivity contribution in [2.45, 2.75) is 198 Å². The molecule has 0 radical (unpaired) electrons. The fraction of sp³-hybridized carbons (Fsp3) is 0.356. The Morgan fingerprint density at radius 2 is 0.921 bits per heavy atom. The van der Waals surface area contributed by atoms with Gasteiger partial charge in [-0.15, -0.1) is 0 Å². The zero-order chi connectivity index (χ0) is 60.5. The summed E-state index contributed by atoms with van der Waals surface area (Å²) in [7, 11) is 0. The Morgan fingerprint density at radius 1 is 0.438 bits per heavy atom. The molecule has 0 aromatic heterocycles. The van der Waals surface area contributed by atoms with Crippen molar-refractivity contribution in [1.29, 1.82) is 0 Å². The Morgan fingerprint density at radius 3 is 1.52 bits per heavy atom. The Hall–Kier alpha value is -7.68. The largest absolute Gasteiger partial charge is 0.310 e. The maximum Gasteiger partial charge on any atom is 0.0465 e. The Labute approximate surface area is 533 Å². The van der Waals surface area contributed by atoms with E-state index in [1.54, 1.807) is 22.3 Å². The van der Waals surface area contributed by atoms with Gasteiger partial charge in [-0.1, -0.05) is 230 Å². The molecule has 7 aliphatic carbocycles. The maximum absolute atomic E-state index is 4.76. The highest BCUT2D eigenvalue weighted by Gasteiger charge is 2.47. The number of benzene rings is 8. The molecule has 7 aliphatic rings. The lowest BCUT2D eigenvalue weighted by molar-refractivity contribution is 0.334. The average molecular weight is 1170 g/mol. The Bertz CT molecular complexity index is 4110. The van der Waals surface area contributed by atoms with Gasteiger partial charge in [-0.3, -0.25) is 0 Å². The van der Waals surface area contributed by atoms with E-state index in [0.717, 1.165) is 32.1 Å². The molecule has 8 aromatic rings. The van der Waals surface area contributed by atoms with Crippen LogP contribution in [0.1, 0.15) is 208 Å². The Balaban J connectivity index is 0.768. The molecule has 0 N–H and O–H groups in total. The van der Waals surface area contributed by atoms with E-state index in [2.05, 4.69) is 233 Å². The van der Waals surface area contributed by atoms with Gasteiger partial charge in [-0.2, -0.15) is 0 Å². The van der Waals surface area contributed by atoms with Crippen molar-refractivity contribution < 1.29 is 0 Å². The van der Waals surface area contributed by atoms with Crippen molar-refractivity contribution in [2.24, 2.45) is 0 Å². The number of hydrogen-bond acceptors (Lipinski definition) is 2. The molecule has 0 heterocycles. The van der Waals surface area contributed by atoms with Gasteiger partial charge in [0.15, 0.2) is 0 Å².